The first kappa shape index (κ1) is 17.4. The summed E-state index contributed by atoms with van der Waals surface area (Å²) in [6.45, 7) is 0.722. The molecule has 1 aromatic carbocycles. The average molecular weight is 363 g/mol. The zero-order valence-electron chi connectivity index (χ0n) is 14.2. The number of thioether (sulfide) groups is 1. The lowest BCUT2D eigenvalue weighted by atomic mass is 10.0. The van der Waals surface area contributed by atoms with Gasteiger partial charge in [-0.3, -0.25) is 4.79 Å². The van der Waals surface area contributed by atoms with Gasteiger partial charge in [0.15, 0.2) is 0 Å². The van der Waals surface area contributed by atoms with Gasteiger partial charge in [0, 0.05) is 12.1 Å². The maximum Gasteiger partial charge on any atom is 0.233 e. The summed E-state index contributed by atoms with van der Waals surface area (Å²) in [6, 6.07) is 5.65. The number of methoxy groups -OCH3 is 2. The number of ether oxygens (including phenoxy) is 2. The molecule has 0 radical (unpaired) electrons. The Morgan fingerprint density at radius 3 is 2.92 bits per heavy atom. The average Bonchev–Trinajstić information content (AvgIpc) is 3.28. The van der Waals surface area contributed by atoms with Crippen molar-refractivity contribution in [2.45, 2.75) is 24.0 Å². The number of nitrogens with two attached hydrogens (primary N) is 1. The zero-order chi connectivity index (χ0) is 17.8. The molecule has 1 saturated heterocycles. The second kappa shape index (κ2) is 7.64. The molecule has 9 heteroatoms. The van der Waals surface area contributed by atoms with Crippen LogP contribution in [0.1, 0.15) is 24.4 Å². The molecule has 2 aromatic rings. The molecule has 1 aliphatic rings. The molecule has 0 bridgehead atoms. The quantitative estimate of drug-likeness (QED) is 0.613. The molecule has 8 nitrogen and oxygen atoms in total. The van der Waals surface area contributed by atoms with Crippen molar-refractivity contribution in [3.05, 3.63) is 30.1 Å². The van der Waals surface area contributed by atoms with Gasteiger partial charge in [-0.25, -0.2) is 4.68 Å². The lowest BCUT2D eigenvalue weighted by molar-refractivity contribution is -0.129. The van der Waals surface area contributed by atoms with Gasteiger partial charge in [-0.05, 0) is 31.0 Å². The summed E-state index contributed by atoms with van der Waals surface area (Å²) in [5.74, 6) is 7.50. The topological polar surface area (TPSA) is 95.5 Å². The normalized spacial score (nSPS) is 16.9. The summed E-state index contributed by atoms with van der Waals surface area (Å²) in [7, 11) is 3.26. The standard InChI is InChI=1S/C16H21N5O3S/c1-23-11-5-6-14(24-2)12(8-11)13-4-3-7-20(13)15(22)9-25-16-19-18-10-21(16)17/h5-6,8,10,13H,3-4,7,9,17H2,1-2H3/t13-/m1/s1. The van der Waals surface area contributed by atoms with Gasteiger partial charge >= 0.3 is 0 Å². The Morgan fingerprint density at radius 2 is 2.24 bits per heavy atom. The highest BCUT2D eigenvalue weighted by atomic mass is 32.2. The molecule has 1 fully saturated rings. The smallest absolute Gasteiger partial charge is 0.233 e. The molecular formula is C16H21N5O3S. The molecule has 2 N–H and O–H groups in total. The van der Waals surface area contributed by atoms with Crippen molar-refractivity contribution in [2.75, 3.05) is 32.4 Å². The van der Waals surface area contributed by atoms with Crippen molar-refractivity contribution in [1.82, 2.24) is 19.8 Å². The predicted molar refractivity (Wildman–Crippen MR) is 94.1 cm³/mol. The Morgan fingerprint density at radius 1 is 1.40 bits per heavy atom. The fourth-order valence-electron chi connectivity index (χ4n) is 3.03. The predicted octanol–water partition coefficient (Wildman–Crippen LogP) is 1.46. The van der Waals surface area contributed by atoms with Crippen LogP contribution >= 0.6 is 11.8 Å². The summed E-state index contributed by atoms with van der Waals surface area (Å²) in [5, 5.41) is 8.12. The van der Waals surface area contributed by atoms with Crippen LogP contribution in [0, 0.1) is 0 Å². The van der Waals surface area contributed by atoms with Crippen molar-refractivity contribution in [3.63, 3.8) is 0 Å². The SMILES string of the molecule is COc1ccc(OC)c([C@H]2CCCN2C(=O)CSc2nncn2N)c1. The van der Waals surface area contributed by atoms with E-state index < -0.39 is 0 Å². The molecule has 3 rings (SSSR count). The third-order valence-corrected chi connectivity index (χ3v) is 5.18. The van der Waals surface area contributed by atoms with Gasteiger partial charge in [-0.2, -0.15) is 0 Å². The van der Waals surface area contributed by atoms with Gasteiger partial charge < -0.3 is 20.2 Å². The number of rotatable bonds is 6. The number of nitrogen functional groups attached to an aromatic ring is 1. The number of carbonyl (C=O) groups excluding carboxylic acids is 1. The van der Waals surface area contributed by atoms with Crippen LogP contribution < -0.4 is 15.3 Å². The fraction of sp³-hybridized carbons (Fsp3) is 0.438. The third kappa shape index (κ3) is 3.65. The van der Waals surface area contributed by atoms with E-state index in [1.54, 1.807) is 14.2 Å². The Hall–Kier alpha value is -2.42. The fourth-order valence-corrected chi connectivity index (χ4v) is 3.75. The molecule has 0 spiro atoms. The first-order chi connectivity index (χ1) is 12.1. The van der Waals surface area contributed by atoms with Crippen LogP contribution in [0.4, 0.5) is 0 Å². The highest BCUT2D eigenvalue weighted by Gasteiger charge is 2.32. The minimum atomic E-state index is -0.0195. The van der Waals surface area contributed by atoms with Crippen LogP contribution in [0.2, 0.25) is 0 Å². The van der Waals surface area contributed by atoms with Crippen LogP contribution in [-0.4, -0.2) is 52.2 Å². The van der Waals surface area contributed by atoms with Crippen LogP contribution in [0.5, 0.6) is 11.5 Å². The largest absolute Gasteiger partial charge is 0.497 e. The summed E-state index contributed by atoms with van der Waals surface area (Å²) in [6.07, 6.45) is 3.26. The molecule has 0 unspecified atom stereocenters. The van der Waals surface area contributed by atoms with Gasteiger partial charge in [0.2, 0.25) is 11.1 Å². The van der Waals surface area contributed by atoms with Crippen LogP contribution in [0.25, 0.3) is 0 Å². The number of amides is 1. The number of nitrogens with zero attached hydrogens (tertiary/aromatic N) is 4. The monoisotopic (exact) mass is 363 g/mol. The van der Waals surface area contributed by atoms with Crippen LogP contribution in [0.3, 0.4) is 0 Å². The Labute approximate surface area is 150 Å². The maximum atomic E-state index is 12.7. The van der Waals surface area contributed by atoms with Gasteiger partial charge in [0.25, 0.3) is 0 Å². The Bertz CT molecular complexity index is 751. The number of benzene rings is 1. The van der Waals surface area contributed by atoms with E-state index in [0.29, 0.717) is 5.16 Å². The third-order valence-electron chi connectivity index (χ3n) is 4.23. The molecular weight excluding hydrogens is 342 g/mol. The van der Waals surface area contributed by atoms with E-state index in [1.165, 1.54) is 22.8 Å². The Kier molecular flexibility index (Phi) is 5.32. The zero-order valence-corrected chi connectivity index (χ0v) is 15.0. The van der Waals surface area contributed by atoms with Gasteiger partial charge in [0.05, 0.1) is 26.0 Å². The summed E-state index contributed by atoms with van der Waals surface area (Å²) in [5.41, 5.74) is 0.972. The van der Waals surface area contributed by atoms with Crippen molar-refractivity contribution >= 4 is 17.7 Å². The van der Waals surface area contributed by atoms with E-state index in [1.807, 2.05) is 23.1 Å². The maximum absolute atomic E-state index is 12.7. The minimum absolute atomic E-state index is 0.0195. The second-order valence-corrected chi connectivity index (χ2v) is 6.60. The van der Waals surface area contributed by atoms with Gasteiger partial charge in [-0.15, -0.1) is 10.2 Å². The van der Waals surface area contributed by atoms with E-state index in [9.17, 15) is 4.79 Å². The van der Waals surface area contributed by atoms with E-state index in [4.69, 9.17) is 15.3 Å². The van der Waals surface area contributed by atoms with Gasteiger partial charge in [0.1, 0.15) is 17.8 Å². The van der Waals surface area contributed by atoms with Crippen molar-refractivity contribution in [1.29, 1.82) is 0 Å². The first-order valence-corrected chi connectivity index (χ1v) is 8.92. The van der Waals surface area contributed by atoms with E-state index >= 15 is 0 Å². The molecule has 0 saturated carbocycles. The number of aromatic nitrogens is 3. The van der Waals surface area contributed by atoms with E-state index in [-0.39, 0.29) is 17.7 Å². The summed E-state index contributed by atoms with van der Waals surface area (Å²) < 4.78 is 12.1. The van der Waals surface area contributed by atoms with Crippen molar-refractivity contribution in [3.8, 4) is 11.5 Å². The van der Waals surface area contributed by atoms with E-state index in [0.717, 1.165) is 36.4 Å². The summed E-state index contributed by atoms with van der Waals surface area (Å²) in [4.78, 5) is 14.6. The van der Waals surface area contributed by atoms with E-state index in [2.05, 4.69) is 10.2 Å². The Balaban J connectivity index is 1.76. The van der Waals surface area contributed by atoms with Gasteiger partial charge in [-0.1, -0.05) is 11.8 Å². The highest BCUT2D eigenvalue weighted by molar-refractivity contribution is 7.99. The molecule has 1 aromatic heterocycles. The number of hydrogen-bond acceptors (Lipinski definition) is 7. The first-order valence-electron chi connectivity index (χ1n) is 7.93. The molecule has 1 aliphatic heterocycles. The minimum Gasteiger partial charge on any atom is -0.497 e. The molecule has 1 amide bonds. The number of hydrogen-bond donors (Lipinski definition) is 1. The summed E-state index contributed by atoms with van der Waals surface area (Å²) >= 11 is 1.28. The number of carbonyl (C=O) groups is 1. The lowest BCUT2D eigenvalue weighted by Gasteiger charge is -2.26. The van der Waals surface area contributed by atoms with Crippen LogP contribution in [0.15, 0.2) is 29.7 Å². The molecule has 1 atom stereocenters. The molecule has 0 aliphatic carbocycles. The molecule has 134 valence electrons. The van der Waals surface area contributed by atoms with Crippen molar-refractivity contribution < 1.29 is 14.3 Å². The van der Waals surface area contributed by atoms with Crippen molar-refractivity contribution in [2.24, 2.45) is 0 Å². The highest BCUT2D eigenvalue weighted by Crippen LogP contribution is 2.39. The number of likely N-dealkylation sites (tertiary alicyclic amines) is 1. The lowest BCUT2D eigenvalue weighted by Crippen LogP contribution is -2.32. The van der Waals surface area contributed by atoms with Crippen LogP contribution in [-0.2, 0) is 4.79 Å². The second-order valence-electron chi connectivity index (χ2n) is 5.66. The molecule has 2 heterocycles. The molecule has 25 heavy (non-hydrogen) atoms.